The van der Waals surface area contributed by atoms with Crippen LogP contribution in [0.25, 0.3) is 0 Å². The van der Waals surface area contributed by atoms with E-state index < -0.39 is 17.7 Å². The molecule has 27 heavy (non-hydrogen) atoms. The van der Waals surface area contributed by atoms with Crippen LogP contribution in [0.1, 0.15) is 36.8 Å². The van der Waals surface area contributed by atoms with Gasteiger partial charge in [0.1, 0.15) is 0 Å². The Hall–Kier alpha value is -2.09. The van der Waals surface area contributed by atoms with Crippen LogP contribution < -0.4 is 5.73 Å². The number of benzene rings is 1. The van der Waals surface area contributed by atoms with Crippen LogP contribution in [0.4, 0.5) is 13.2 Å². The molecule has 2 amide bonds. The number of likely N-dealkylation sites (tertiary alicyclic amines) is 2. The highest BCUT2D eigenvalue weighted by Gasteiger charge is 2.39. The predicted molar refractivity (Wildman–Crippen MR) is 93.4 cm³/mol. The van der Waals surface area contributed by atoms with Crippen molar-refractivity contribution in [2.45, 2.75) is 44.4 Å². The minimum absolute atomic E-state index is 0.0128. The molecule has 1 aromatic rings. The van der Waals surface area contributed by atoms with Crippen LogP contribution >= 0.6 is 0 Å². The topological polar surface area (TPSA) is 66.6 Å². The third-order valence-corrected chi connectivity index (χ3v) is 5.37. The van der Waals surface area contributed by atoms with Crippen molar-refractivity contribution in [3.63, 3.8) is 0 Å². The second-order valence-electron chi connectivity index (χ2n) is 7.29. The summed E-state index contributed by atoms with van der Waals surface area (Å²) in [5, 5.41) is 0. The van der Waals surface area contributed by atoms with Crippen molar-refractivity contribution in [2.75, 3.05) is 19.6 Å². The van der Waals surface area contributed by atoms with E-state index in [4.69, 9.17) is 5.73 Å². The van der Waals surface area contributed by atoms with Crippen molar-refractivity contribution in [3.8, 4) is 0 Å². The van der Waals surface area contributed by atoms with Gasteiger partial charge in [-0.25, -0.2) is 0 Å². The van der Waals surface area contributed by atoms with Crippen molar-refractivity contribution in [3.05, 3.63) is 35.4 Å². The van der Waals surface area contributed by atoms with Gasteiger partial charge in [-0.2, -0.15) is 13.2 Å². The zero-order valence-corrected chi connectivity index (χ0v) is 15.0. The van der Waals surface area contributed by atoms with Crippen LogP contribution in [0.5, 0.6) is 0 Å². The fraction of sp³-hybridized carbons (Fsp3) is 0.579. The van der Waals surface area contributed by atoms with Crippen LogP contribution in [0.15, 0.2) is 24.3 Å². The lowest BCUT2D eigenvalue weighted by Crippen LogP contribution is -2.50. The largest absolute Gasteiger partial charge is 0.416 e. The zero-order chi connectivity index (χ0) is 19.6. The summed E-state index contributed by atoms with van der Waals surface area (Å²) in [5.41, 5.74) is 5.44. The fourth-order valence-corrected chi connectivity index (χ4v) is 3.93. The van der Waals surface area contributed by atoms with Gasteiger partial charge in [0.15, 0.2) is 0 Å². The monoisotopic (exact) mass is 383 g/mol. The van der Waals surface area contributed by atoms with E-state index in [0.29, 0.717) is 18.7 Å². The summed E-state index contributed by atoms with van der Waals surface area (Å²) in [6.45, 7) is 1.37. The molecular weight excluding hydrogens is 359 g/mol. The van der Waals surface area contributed by atoms with Crippen molar-refractivity contribution in [1.29, 1.82) is 0 Å². The van der Waals surface area contributed by atoms with Gasteiger partial charge in [-0.1, -0.05) is 12.1 Å². The highest BCUT2D eigenvalue weighted by atomic mass is 19.4. The molecule has 8 heteroatoms. The van der Waals surface area contributed by atoms with Crippen LogP contribution in [0, 0.1) is 5.92 Å². The number of amides is 2. The van der Waals surface area contributed by atoms with Gasteiger partial charge in [0.2, 0.25) is 11.8 Å². The van der Waals surface area contributed by atoms with Gasteiger partial charge in [0.05, 0.1) is 11.5 Å². The maximum atomic E-state index is 12.9. The zero-order valence-electron chi connectivity index (χ0n) is 15.0. The third-order valence-electron chi connectivity index (χ3n) is 5.37. The molecule has 2 heterocycles. The summed E-state index contributed by atoms with van der Waals surface area (Å²) in [4.78, 5) is 28.4. The first-order valence-corrected chi connectivity index (χ1v) is 9.24. The van der Waals surface area contributed by atoms with E-state index in [-0.39, 0.29) is 37.4 Å². The minimum atomic E-state index is -4.42. The molecule has 0 bridgehead atoms. The van der Waals surface area contributed by atoms with Gasteiger partial charge in [-0.15, -0.1) is 0 Å². The SMILES string of the molecule is NCC1CCCCN1C(=O)C1CC(=O)N(Cc2cccc(C(F)(F)F)c2)C1. The van der Waals surface area contributed by atoms with E-state index >= 15 is 0 Å². The lowest BCUT2D eigenvalue weighted by molar-refractivity contribution is -0.139. The second-order valence-corrected chi connectivity index (χ2v) is 7.29. The number of hydrogen-bond donors (Lipinski definition) is 1. The second kappa shape index (κ2) is 7.88. The minimum Gasteiger partial charge on any atom is -0.338 e. The van der Waals surface area contributed by atoms with E-state index in [1.54, 1.807) is 11.0 Å². The van der Waals surface area contributed by atoms with Gasteiger partial charge in [-0.05, 0) is 37.0 Å². The number of piperidine rings is 1. The third kappa shape index (κ3) is 4.43. The number of nitrogens with two attached hydrogens (primary N) is 1. The molecule has 2 aliphatic heterocycles. The van der Waals surface area contributed by atoms with Gasteiger partial charge in [-0.3, -0.25) is 9.59 Å². The van der Waals surface area contributed by atoms with Crippen LogP contribution in [0.3, 0.4) is 0 Å². The molecule has 2 atom stereocenters. The van der Waals surface area contributed by atoms with Crippen molar-refractivity contribution in [1.82, 2.24) is 9.80 Å². The smallest absolute Gasteiger partial charge is 0.338 e. The van der Waals surface area contributed by atoms with E-state index in [1.165, 1.54) is 11.0 Å². The number of nitrogens with zero attached hydrogens (tertiary/aromatic N) is 2. The molecule has 0 aromatic heterocycles. The predicted octanol–water partition coefficient (Wildman–Crippen LogP) is 2.39. The molecule has 2 unspecified atom stereocenters. The quantitative estimate of drug-likeness (QED) is 0.868. The fourth-order valence-electron chi connectivity index (χ4n) is 3.93. The number of halogens is 3. The Morgan fingerprint density at radius 3 is 2.74 bits per heavy atom. The highest BCUT2D eigenvalue weighted by Crippen LogP contribution is 2.31. The van der Waals surface area contributed by atoms with Crippen molar-refractivity contribution < 1.29 is 22.8 Å². The molecule has 2 fully saturated rings. The molecule has 2 N–H and O–H groups in total. The Morgan fingerprint density at radius 1 is 1.26 bits per heavy atom. The lowest BCUT2D eigenvalue weighted by atomic mass is 9.98. The van der Waals surface area contributed by atoms with E-state index in [1.807, 2.05) is 0 Å². The summed E-state index contributed by atoms with van der Waals surface area (Å²) in [5.74, 6) is -0.715. The Morgan fingerprint density at radius 2 is 2.04 bits per heavy atom. The summed E-state index contributed by atoms with van der Waals surface area (Å²) in [6, 6.07) is 4.97. The number of carbonyl (C=O) groups is 2. The molecule has 0 saturated carbocycles. The van der Waals surface area contributed by atoms with Gasteiger partial charge in [0, 0.05) is 38.6 Å². The normalized spacial score (nSPS) is 23.8. The molecule has 1 aromatic carbocycles. The maximum absolute atomic E-state index is 12.9. The summed E-state index contributed by atoms with van der Waals surface area (Å²) in [6.07, 6.45) is -1.48. The Labute approximate surface area is 156 Å². The summed E-state index contributed by atoms with van der Waals surface area (Å²) < 4.78 is 38.6. The standard InChI is InChI=1S/C19H24F3N3O2/c20-19(21,22)15-5-3-4-13(8-15)11-24-12-14(9-17(24)26)18(27)25-7-2-1-6-16(25)10-23/h3-5,8,14,16H,1-2,6-7,9-12,23H2. The Bertz CT molecular complexity index is 708. The molecule has 148 valence electrons. The number of carbonyl (C=O) groups excluding carboxylic acids is 2. The summed E-state index contributed by atoms with van der Waals surface area (Å²) >= 11 is 0. The Balaban J connectivity index is 1.66. The highest BCUT2D eigenvalue weighted by molar-refractivity contribution is 5.89. The molecule has 3 rings (SSSR count). The van der Waals surface area contributed by atoms with Crippen molar-refractivity contribution >= 4 is 11.8 Å². The number of rotatable bonds is 4. The molecule has 5 nitrogen and oxygen atoms in total. The van der Waals surface area contributed by atoms with E-state index in [9.17, 15) is 22.8 Å². The Kier molecular flexibility index (Phi) is 5.74. The average Bonchev–Trinajstić information content (AvgIpc) is 3.01. The van der Waals surface area contributed by atoms with Gasteiger partial charge in [0.25, 0.3) is 0 Å². The van der Waals surface area contributed by atoms with E-state index in [2.05, 4.69) is 0 Å². The maximum Gasteiger partial charge on any atom is 0.416 e. The van der Waals surface area contributed by atoms with Gasteiger partial charge < -0.3 is 15.5 Å². The number of hydrogen-bond acceptors (Lipinski definition) is 3. The van der Waals surface area contributed by atoms with E-state index in [0.717, 1.165) is 31.4 Å². The lowest BCUT2D eigenvalue weighted by Gasteiger charge is -2.36. The van der Waals surface area contributed by atoms with Crippen LogP contribution in [0.2, 0.25) is 0 Å². The average molecular weight is 383 g/mol. The first kappa shape index (κ1) is 19.7. The molecule has 0 spiro atoms. The first-order valence-electron chi connectivity index (χ1n) is 9.24. The molecule has 2 aliphatic rings. The molecule has 0 aliphatic carbocycles. The molecule has 0 radical (unpaired) electrons. The van der Waals surface area contributed by atoms with Gasteiger partial charge >= 0.3 is 6.18 Å². The molecule has 2 saturated heterocycles. The first-order chi connectivity index (χ1) is 12.8. The summed E-state index contributed by atoms with van der Waals surface area (Å²) in [7, 11) is 0. The number of alkyl halides is 3. The van der Waals surface area contributed by atoms with Crippen molar-refractivity contribution in [2.24, 2.45) is 11.7 Å². The van der Waals surface area contributed by atoms with Crippen LogP contribution in [-0.2, 0) is 22.3 Å². The molecular formula is C19H24F3N3O2. The van der Waals surface area contributed by atoms with Crippen LogP contribution in [-0.4, -0.2) is 47.3 Å².